The van der Waals surface area contributed by atoms with Gasteiger partial charge in [0.05, 0.1) is 11.6 Å². The Morgan fingerprint density at radius 1 is 1.47 bits per heavy atom. The molecule has 0 bridgehead atoms. The van der Waals surface area contributed by atoms with E-state index in [1.807, 2.05) is 18.2 Å². The van der Waals surface area contributed by atoms with E-state index in [0.29, 0.717) is 0 Å². The molecule has 1 unspecified atom stereocenters. The minimum atomic E-state index is 0.766. The van der Waals surface area contributed by atoms with Gasteiger partial charge < -0.3 is 0 Å². The fourth-order valence-corrected chi connectivity index (χ4v) is 2.55. The molecule has 0 aliphatic carbocycles. The van der Waals surface area contributed by atoms with Crippen molar-refractivity contribution in [3.8, 4) is 6.07 Å². The van der Waals surface area contributed by atoms with E-state index in [2.05, 4.69) is 30.9 Å². The molecule has 1 atom stereocenters. The summed E-state index contributed by atoms with van der Waals surface area (Å²) in [5, 5.41) is 8.87. The average molecular weight is 228 g/mol. The van der Waals surface area contributed by atoms with Gasteiger partial charge in [-0.1, -0.05) is 26.0 Å². The van der Waals surface area contributed by atoms with Gasteiger partial charge in [0.25, 0.3) is 0 Å². The predicted octanol–water partition coefficient (Wildman–Crippen LogP) is 3.04. The van der Waals surface area contributed by atoms with Crippen molar-refractivity contribution >= 4 is 0 Å². The monoisotopic (exact) mass is 228 g/mol. The molecular weight excluding hydrogens is 208 g/mol. The molecule has 2 rings (SSSR count). The summed E-state index contributed by atoms with van der Waals surface area (Å²) in [6.45, 7) is 8.00. The van der Waals surface area contributed by atoms with Crippen molar-refractivity contribution in [2.45, 2.75) is 26.8 Å². The van der Waals surface area contributed by atoms with E-state index in [4.69, 9.17) is 5.26 Å². The first kappa shape index (κ1) is 12.1. The number of hydrogen-bond donors (Lipinski definition) is 0. The summed E-state index contributed by atoms with van der Waals surface area (Å²) in [4.78, 5) is 2.50. The van der Waals surface area contributed by atoms with Crippen LogP contribution in [-0.2, 0) is 6.54 Å². The van der Waals surface area contributed by atoms with E-state index in [9.17, 15) is 0 Å². The van der Waals surface area contributed by atoms with Crippen LogP contribution in [0.2, 0.25) is 0 Å². The van der Waals surface area contributed by atoms with Crippen molar-refractivity contribution in [3.63, 3.8) is 0 Å². The summed E-state index contributed by atoms with van der Waals surface area (Å²) in [6, 6.07) is 10.2. The third-order valence-electron chi connectivity index (χ3n) is 3.71. The highest BCUT2D eigenvalue weighted by molar-refractivity contribution is 5.32. The largest absolute Gasteiger partial charge is 0.299 e. The van der Waals surface area contributed by atoms with Crippen LogP contribution in [0, 0.1) is 23.2 Å². The first-order valence-corrected chi connectivity index (χ1v) is 6.40. The van der Waals surface area contributed by atoms with E-state index in [-0.39, 0.29) is 0 Å². The van der Waals surface area contributed by atoms with Crippen LogP contribution in [0.15, 0.2) is 24.3 Å². The molecule has 2 nitrogen and oxygen atoms in total. The molecule has 90 valence electrons. The number of hydrogen-bond acceptors (Lipinski definition) is 2. The van der Waals surface area contributed by atoms with E-state index in [0.717, 1.165) is 23.9 Å². The van der Waals surface area contributed by atoms with Gasteiger partial charge in [0.15, 0.2) is 0 Å². The summed E-state index contributed by atoms with van der Waals surface area (Å²) in [5.74, 6) is 1.62. The average Bonchev–Trinajstić information content (AvgIpc) is 2.78. The van der Waals surface area contributed by atoms with Gasteiger partial charge in [-0.25, -0.2) is 0 Å². The third-order valence-corrected chi connectivity index (χ3v) is 3.71. The molecule has 1 aliphatic rings. The van der Waals surface area contributed by atoms with E-state index < -0.39 is 0 Å². The molecule has 17 heavy (non-hydrogen) atoms. The molecule has 1 fully saturated rings. The van der Waals surface area contributed by atoms with Crippen LogP contribution < -0.4 is 0 Å². The van der Waals surface area contributed by atoms with Crippen molar-refractivity contribution in [1.82, 2.24) is 4.90 Å². The zero-order valence-corrected chi connectivity index (χ0v) is 10.7. The van der Waals surface area contributed by atoms with Gasteiger partial charge in [0.2, 0.25) is 0 Å². The summed E-state index contributed by atoms with van der Waals surface area (Å²) < 4.78 is 0. The smallest absolute Gasteiger partial charge is 0.0991 e. The molecule has 0 aromatic heterocycles. The van der Waals surface area contributed by atoms with Gasteiger partial charge in [0, 0.05) is 13.1 Å². The van der Waals surface area contributed by atoms with Crippen LogP contribution in [0.25, 0.3) is 0 Å². The minimum absolute atomic E-state index is 0.766. The molecule has 2 heteroatoms. The molecule has 0 saturated carbocycles. The number of nitriles is 1. The SMILES string of the molecule is CC(C)C1CCN(Cc2cccc(C#N)c2)C1. The second kappa shape index (κ2) is 5.33. The fraction of sp³-hybridized carbons (Fsp3) is 0.533. The normalized spacial score (nSPS) is 20.7. The maximum Gasteiger partial charge on any atom is 0.0991 e. The Labute approximate surface area is 104 Å². The summed E-state index contributed by atoms with van der Waals surface area (Å²) in [5.41, 5.74) is 2.02. The topological polar surface area (TPSA) is 27.0 Å². The van der Waals surface area contributed by atoms with Gasteiger partial charge in [-0.3, -0.25) is 4.90 Å². The molecule has 1 aromatic rings. The Kier molecular flexibility index (Phi) is 3.81. The molecule has 0 spiro atoms. The Morgan fingerprint density at radius 3 is 2.94 bits per heavy atom. The number of likely N-dealkylation sites (tertiary alicyclic amines) is 1. The molecule has 1 aromatic carbocycles. The van der Waals surface area contributed by atoms with Crippen molar-refractivity contribution in [2.24, 2.45) is 11.8 Å². The summed E-state index contributed by atoms with van der Waals surface area (Å²) >= 11 is 0. The zero-order valence-electron chi connectivity index (χ0n) is 10.7. The van der Waals surface area contributed by atoms with Crippen LogP contribution in [0.4, 0.5) is 0 Å². The quantitative estimate of drug-likeness (QED) is 0.795. The molecule has 1 saturated heterocycles. The van der Waals surface area contributed by atoms with E-state index in [1.165, 1.54) is 25.1 Å². The highest BCUT2D eigenvalue weighted by Gasteiger charge is 2.24. The van der Waals surface area contributed by atoms with Crippen molar-refractivity contribution in [3.05, 3.63) is 35.4 Å². The maximum absolute atomic E-state index is 8.87. The molecule has 0 amide bonds. The molecule has 0 radical (unpaired) electrons. The molecule has 0 N–H and O–H groups in total. The lowest BCUT2D eigenvalue weighted by Crippen LogP contribution is -2.21. The Balaban J connectivity index is 1.96. The highest BCUT2D eigenvalue weighted by Crippen LogP contribution is 2.24. The van der Waals surface area contributed by atoms with Gasteiger partial charge in [-0.2, -0.15) is 5.26 Å². The Hall–Kier alpha value is -1.33. The predicted molar refractivity (Wildman–Crippen MR) is 69.4 cm³/mol. The van der Waals surface area contributed by atoms with Gasteiger partial charge in [0.1, 0.15) is 0 Å². The highest BCUT2D eigenvalue weighted by atomic mass is 15.1. The van der Waals surface area contributed by atoms with Gasteiger partial charge >= 0.3 is 0 Å². The van der Waals surface area contributed by atoms with Gasteiger partial charge in [-0.05, 0) is 42.5 Å². The first-order chi connectivity index (χ1) is 8.19. The molecular formula is C15H20N2. The first-order valence-electron chi connectivity index (χ1n) is 6.40. The summed E-state index contributed by atoms with van der Waals surface area (Å²) in [7, 11) is 0. The van der Waals surface area contributed by atoms with Crippen LogP contribution in [0.5, 0.6) is 0 Å². The molecule has 1 heterocycles. The number of benzene rings is 1. The van der Waals surface area contributed by atoms with Crippen LogP contribution in [0.3, 0.4) is 0 Å². The van der Waals surface area contributed by atoms with Crippen molar-refractivity contribution in [2.75, 3.05) is 13.1 Å². The van der Waals surface area contributed by atoms with Crippen LogP contribution in [-0.4, -0.2) is 18.0 Å². The van der Waals surface area contributed by atoms with E-state index >= 15 is 0 Å². The second-order valence-electron chi connectivity index (χ2n) is 5.34. The lowest BCUT2D eigenvalue weighted by Gasteiger charge is -2.17. The van der Waals surface area contributed by atoms with Gasteiger partial charge in [-0.15, -0.1) is 0 Å². The third kappa shape index (κ3) is 3.08. The number of rotatable bonds is 3. The summed E-state index contributed by atoms with van der Waals surface area (Å²) in [6.07, 6.45) is 1.32. The lowest BCUT2D eigenvalue weighted by atomic mass is 9.95. The van der Waals surface area contributed by atoms with Crippen LogP contribution >= 0.6 is 0 Å². The van der Waals surface area contributed by atoms with E-state index in [1.54, 1.807) is 0 Å². The fourth-order valence-electron chi connectivity index (χ4n) is 2.55. The standard InChI is InChI=1S/C15H20N2/c1-12(2)15-6-7-17(11-15)10-14-5-3-4-13(8-14)9-16/h3-5,8,12,15H,6-7,10-11H2,1-2H3. The second-order valence-corrected chi connectivity index (χ2v) is 5.34. The van der Waals surface area contributed by atoms with Crippen LogP contribution in [0.1, 0.15) is 31.4 Å². The lowest BCUT2D eigenvalue weighted by molar-refractivity contribution is 0.297. The van der Waals surface area contributed by atoms with Crippen molar-refractivity contribution < 1.29 is 0 Å². The number of nitrogens with zero attached hydrogens (tertiary/aromatic N) is 2. The minimum Gasteiger partial charge on any atom is -0.299 e. The Bertz CT molecular complexity index is 417. The zero-order chi connectivity index (χ0) is 12.3. The molecule has 1 aliphatic heterocycles. The maximum atomic E-state index is 8.87. The van der Waals surface area contributed by atoms with Crippen molar-refractivity contribution in [1.29, 1.82) is 5.26 Å². The Morgan fingerprint density at radius 2 is 2.29 bits per heavy atom.